The van der Waals surface area contributed by atoms with Crippen LogP contribution in [-0.2, 0) is 32.6 Å². The zero-order valence-corrected chi connectivity index (χ0v) is 16.3. The molecule has 0 spiro atoms. The first-order valence-corrected chi connectivity index (χ1v) is 10.2. The molecule has 0 aromatic carbocycles. The van der Waals surface area contributed by atoms with Crippen LogP contribution in [0.1, 0.15) is 5.69 Å². The fraction of sp³-hybridized carbons (Fsp3) is 0.467. The van der Waals surface area contributed by atoms with Crippen LogP contribution in [0.25, 0.3) is 0 Å². The van der Waals surface area contributed by atoms with E-state index in [-0.39, 0.29) is 5.92 Å². The second-order valence-corrected chi connectivity index (χ2v) is 8.97. The molecule has 0 saturated heterocycles. The number of halogens is 3. The van der Waals surface area contributed by atoms with Gasteiger partial charge in [-0.05, 0) is 17.5 Å². The molecule has 0 fully saturated rings. The van der Waals surface area contributed by atoms with Gasteiger partial charge in [-0.15, -0.1) is 11.3 Å². The lowest BCUT2D eigenvalue weighted by Crippen LogP contribution is -2.34. The molecule has 2 aromatic rings. The van der Waals surface area contributed by atoms with Gasteiger partial charge in [-0.3, -0.25) is 4.68 Å². The van der Waals surface area contributed by atoms with E-state index in [0.717, 1.165) is 5.69 Å². The Hall–Kier alpha value is -1.96. The van der Waals surface area contributed by atoms with Crippen LogP contribution in [0, 0.1) is 5.92 Å². The number of rotatable bonds is 4. The number of aliphatic carboxylic acids is 1. The van der Waals surface area contributed by atoms with Gasteiger partial charge in [-0.2, -0.15) is 22.6 Å². The first kappa shape index (κ1) is 22.3. The lowest BCUT2D eigenvalue weighted by atomic mass is 10.1. The third-order valence-electron chi connectivity index (χ3n) is 3.77. The number of carboxylic acid groups (broad SMARTS) is 1. The van der Waals surface area contributed by atoms with Gasteiger partial charge in [-0.25, -0.2) is 13.2 Å². The number of carbonyl (C=O) groups is 1. The fourth-order valence-corrected chi connectivity index (χ4v) is 5.19. The van der Waals surface area contributed by atoms with Gasteiger partial charge in [0.2, 0.25) is 0 Å². The van der Waals surface area contributed by atoms with Gasteiger partial charge in [0.15, 0.2) is 0 Å². The predicted molar refractivity (Wildman–Crippen MR) is 93.2 cm³/mol. The number of hydrogen-bond acceptors (Lipinski definition) is 6. The number of aromatic nitrogens is 2. The average molecular weight is 441 g/mol. The maximum atomic E-state index is 12.7. The van der Waals surface area contributed by atoms with Crippen molar-refractivity contribution in [1.29, 1.82) is 0 Å². The maximum absolute atomic E-state index is 12.7. The Kier molecular flexibility index (Phi) is 7.20. The highest BCUT2D eigenvalue weighted by Crippen LogP contribution is 2.26. The van der Waals surface area contributed by atoms with Gasteiger partial charge >= 0.3 is 12.1 Å². The number of fused-ring (bicyclic) bond motifs is 1. The van der Waals surface area contributed by atoms with Gasteiger partial charge in [0, 0.05) is 32.3 Å². The Morgan fingerprint density at radius 3 is 2.61 bits per heavy atom. The molecule has 0 radical (unpaired) electrons. The summed E-state index contributed by atoms with van der Waals surface area (Å²) in [4.78, 5) is 8.90. The Morgan fingerprint density at radius 2 is 2.07 bits per heavy atom. The van der Waals surface area contributed by atoms with Gasteiger partial charge in [0.05, 0.1) is 18.8 Å². The van der Waals surface area contributed by atoms with Gasteiger partial charge in [0.1, 0.15) is 4.21 Å². The van der Waals surface area contributed by atoms with E-state index in [4.69, 9.17) is 14.6 Å². The van der Waals surface area contributed by atoms with Crippen LogP contribution < -0.4 is 0 Å². The molecule has 0 bridgehead atoms. The molecule has 1 unspecified atom stereocenters. The quantitative estimate of drug-likeness (QED) is 0.779. The van der Waals surface area contributed by atoms with Crippen LogP contribution >= 0.6 is 11.3 Å². The third kappa shape index (κ3) is 5.53. The zero-order chi connectivity index (χ0) is 20.9. The summed E-state index contributed by atoms with van der Waals surface area (Å²) in [5.74, 6) is -2.67. The molecule has 3 heterocycles. The van der Waals surface area contributed by atoms with Gasteiger partial charge < -0.3 is 9.84 Å². The van der Waals surface area contributed by atoms with Gasteiger partial charge in [0.25, 0.3) is 10.0 Å². The minimum atomic E-state index is -5.08. The van der Waals surface area contributed by atoms with Crippen LogP contribution in [0.4, 0.5) is 13.2 Å². The molecule has 2 aromatic heterocycles. The molecule has 0 aliphatic carbocycles. The van der Waals surface area contributed by atoms with E-state index in [0.29, 0.717) is 30.5 Å². The second-order valence-electron chi connectivity index (χ2n) is 5.86. The number of alkyl halides is 3. The first-order valence-electron chi connectivity index (χ1n) is 7.89. The highest BCUT2D eigenvalue weighted by molar-refractivity contribution is 7.91. The molecule has 0 saturated carbocycles. The molecule has 1 aliphatic heterocycles. The van der Waals surface area contributed by atoms with Crippen molar-refractivity contribution in [3.05, 3.63) is 35.5 Å². The molecule has 1 N–H and O–H groups in total. The highest BCUT2D eigenvalue weighted by Gasteiger charge is 2.38. The Labute approximate surface area is 163 Å². The number of ether oxygens (including phenoxy) is 1. The summed E-state index contributed by atoms with van der Waals surface area (Å²) in [6, 6.07) is 5.27. The molecule has 13 heteroatoms. The third-order valence-corrected chi connectivity index (χ3v) is 6.95. The molecular formula is C15H18F3N3O5S2. The summed E-state index contributed by atoms with van der Waals surface area (Å²) < 4.78 is 66.2. The monoisotopic (exact) mass is 441 g/mol. The summed E-state index contributed by atoms with van der Waals surface area (Å²) in [6.07, 6.45) is -3.37. The minimum absolute atomic E-state index is 0.0888. The highest BCUT2D eigenvalue weighted by atomic mass is 32.2. The summed E-state index contributed by atoms with van der Waals surface area (Å²) in [5.41, 5.74) is 0.911. The number of thiophene rings is 1. The topological polar surface area (TPSA) is 102 Å². The van der Waals surface area contributed by atoms with Crippen LogP contribution in [0.5, 0.6) is 0 Å². The normalized spacial score (nSPS) is 17.9. The van der Waals surface area contributed by atoms with E-state index < -0.39 is 22.2 Å². The number of nitrogens with zero attached hydrogens (tertiary/aromatic N) is 3. The molecule has 1 atom stereocenters. The van der Waals surface area contributed by atoms with Crippen molar-refractivity contribution < 1.29 is 36.2 Å². The number of methoxy groups -OCH3 is 1. The summed E-state index contributed by atoms with van der Waals surface area (Å²) in [5, 5.41) is 13.2. The summed E-state index contributed by atoms with van der Waals surface area (Å²) >= 11 is 1.24. The SMILES string of the molecule is COCC1CN(S(=O)(=O)c2cccs2)Cc2ccnn2C1.O=C(O)C(F)(F)F. The summed E-state index contributed by atoms with van der Waals surface area (Å²) in [6.45, 7) is 1.97. The van der Waals surface area contributed by atoms with E-state index in [9.17, 15) is 21.6 Å². The molecule has 0 amide bonds. The average Bonchev–Trinajstić information content (AvgIpc) is 3.24. The Morgan fingerprint density at radius 1 is 1.39 bits per heavy atom. The van der Waals surface area contributed by atoms with Crippen molar-refractivity contribution >= 4 is 27.3 Å². The molecular weight excluding hydrogens is 423 g/mol. The first-order chi connectivity index (χ1) is 13.1. The Bertz CT molecular complexity index is 881. The Balaban J connectivity index is 0.000000345. The van der Waals surface area contributed by atoms with E-state index in [1.807, 2.05) is 10.7 Å². The second kappa shape index (κ2) is 9.03. The van der Waals surface area contributed by atoms with Crippen molar-refractivity contribution in [3.8, 4) is 0 Å². The van der Waals surface area contributed by atoms with Crippen molar-refractivity contribution in [3.63, 3.8) is 0 Å². The molecule has 8 nitrogen and oxygen atoms in total. The van der Waals surface area contributed by atoms with Crippen molar-refractivity contribution in [2.45, 2.75) is 23.5 Å². The molecule has 156 valence electrons. The maximum Gasteiger partial charge on any atom is 0.490 e. The van der Waals surface area contributed by atoms with Crippen molar-refractivity contribution in [2.24, 2.45) is 5.92 Å². The molecule has 28 heavy (non-hydrogen) atoms. The number of sulfonamides is 1. The summed E-state index contributed by atoms with van der Waals surface area (Å²) in [7, 11) is -1.83. The smallest absolute Gasteiger partial charge is 0.475 e. The van der Waals surface area contributed by atoms with Crippen LogP contribution in [0.3, 0.4) is 0 Å². The van der Waals surface area contributed by atoms with Crippen LogP contribution in [-0.4, -0.2) is 60.0 Å². The van der Waals surface area contributed by atoms with Gasteiger partial charge in [-0.1, -0.05) is 6.07 Å². The number of carboxylic acids is 1. The molecule has 1 aliphatic rings. The zero-order valence-electron chi connectivity index (χ0n) is 14.7. The van der Waals surface area contributed by atoms with Crippen LogP contribution in [0.2, 0.25) is 0 Å². The van der Waals surface area contributed by atoms with Crippen LogP contribution in [0.15, 0.2) is 34.0 Å². The van der Waals surface area contributed by atoms with Crippen molar-refractivity contribution in [2.75, 3.05) is 20.3 Å². The van der Waals surface area contributed by atoms with Crippen molar-refractivity contribution in [1.82, 2.24) is 14.1 Å². The lowest BCUT2D eigenvalue weighted by molar-refractivity contribution is -0.192. The minimum Gasteiger partial charge on any atom is -0.475 e. The largest absolute Gasteiger partial charge is 0.490 e. The van der Waals surface area contributed by atoms with E-state index in [1.165, 1.54) is 15.6 Å². The standard InChI is InChI=1S/C13H17N3O3S2.C2HF3O2/c1-19-10-11-7-15(9-12-4-5-14-16(12)8-11)21(17,18)13-3-2-6-20-13;3-2(4,5)1(6)7/h2-6,11H,7-10H2,1H3;(H,6,7). The van der Waals surface area contributed by atoms with E-state index >= 15 is 0 Å². The molecule has 3 rings (SSSR count). The van der Waals surface area contributed by atoms with E-state index in [2.05, 4.69) is 5.10 Å². The fourth-order valence-electron chi connectivity index (χ4n) is 2.56. The lowest BCUT2D eigenvalue weighted by Gasteiger charge is -2.22. The predicted octanol–water partition coefficient (Wildman–Crippen LogP) is 2.05. The van der Waals surface area contributed by atoms with E-state index in [1.54, 1.807) is 30.8 Å². The number of hydrogen-bond donors (Lipinski definition) is 1.